The monoisotopic (exact) mass is 408 g/mol. The summed E-state index contributed by atoms with van der Waals surface area (Å²) in [4.78, 5) is 14.7. The van der Waals surface area contributed by atoms with Crippen molar-refractivity contribution >= 4 is 5.91 Å². The topological polar surface area (TPSA) is 77.3 Å². The van der Waals surface area contributed by atoms with Crippen LogP contribution in [-0.4, -0.2) is 38.3 Å². The molecule has 10 heteroatoms. The number of alkyl halides is 3. The standard InChI is InChI=1S/C19H19F3N4O3/c20-19(21,22)17-7-8-25(23-17)9-10-26(13-4-1-2-5-13)18(27)14-12-16(29-24-14)15-6-3-11-28-15/h3,6-8,11-13H,1-2,4-5,9-10H2. The van der Waals surface area contributed by atoms with Gasteiger partial charge in [0, 0.05) is 24.8 Å². The lowest BCUT2D eigenvalue weighted by Gasteiger charge is -2.28. The molecule has 3 heterocycles. The zero-order valence-electron chi connectivity index (χ0n) is 15.4. The van der Waals surface area contributed by atoms with Crippen molar-refractivity contribution in [1.29, 1.82) is 0 Å². The van der Waals surface area contributed by atoms with Crippen LogP contribution in [0.1, 0.15) is 41.9 Å². The van der Waals surface area contributed by atoms with Crippen LogP contribution in [0.4, 0.5) is 13.2 Å². The van der Waals surface area contributed by atoms with Gasteiger partial charge in [0.2, 0.25) is 5.76 Å². The quantitative estimate of drug-likeness (QED) is 0.610. The third-order valence-corrected chi connectivity index (χ3v) is 5.02. The van der Waals surface area contributed by atoms with E-state index in [0.717, 1.165) is 31.7 Å². The highest BCUT2D eigenvalue weighted by atomic mass is 19.4. The van der Waals surface area contributed by atoms with Gasteiger partial charge in [0.15, 0.2) is 17.1 Å². The van der Waals surface area contributed by atoms with Crippen LogP contribution >= 0.6 is 0 Å². The molecule has 0 atom stereocenters. The highest BCUT2D eigenvalue weighted by molar-refractivity contribution is 5.93. The summed E-state index contributed by atoms with van der Waals surface area (Å²) in [6, 6.07) is 5.85. The van der Waals surface area contributed by atoms with Gasteiger partial charge < -0.3 is 13.8 Å². The highest BCUT2D eigenvalue weighted by Gasteiger charge is 2.34. The Morgan fingerprint density at radius 2 is 2.03 bits per heavy atom. The van der Waals surface area contributed by atoms with Crippen LogP contribution in [0.15, 0.2) is 45.7 Å². The average Bonchev–Trinajstić information content (AvgIpc) is 3.49. The summed E-state index contributed by atoms with van der Waals surface area (Å²) in [7, 11) is 0. The van der Waals surface area contributed by atoms with E-state index in [1.165, 1.54) is 23.2 Å². The molecule has 1 saturated carbocycles. The molecule has 29 heavy (non-hydrogen) atoms. The summed E-state index contributed by atoms with van der Waals surface area (Å²) in [5, 5.41) is 7.42. The van der Waals surface area contributed by atoms with Crippen LogP contribution in [0, 0.1) is 0 Å². The first-order chi connectivity index (χ1) is 13.9. The molecule has 4 rings (SSSR count). The van der Waals surface area contributed by atoms with E-state index in [2.05, 4.69) is 10.3 Å². The lowest BCUT2D eigenvalue weighted by molar-refractivity contribution is -0.141. The van der Waals surface area contributed by atoms with Gasteiger partial charge in [-0.25, -0.2) is 0 Å². The summed E-state index contributed by atoms with van der Waals surface area (Å²) >= 11 is 0. The minimum atomic E-state index is -4.49. The van der Waals surface area contributed by atoms with Crippen molar-refractivity contribution in [3.63, 3.8) is 0 Å². The molecule has 0 bridgehead atoms. The number of aromatic nitrogens is 3. The van der Waals surface area contributed by atoms with Gasteiger partial charge in [-0.1, -0.05) is 18.0 Å². The van der Waals surface area contributed by atoms with Gasteiger partial charge in [-0.05, 0) is 31.0 Å². The van der Waals surface area contributed by atoms with Crippen LogP contribution in [0.3, 0.4) is 0 Å². The number of halogens is 3. The first-order valence-corrected chi connectivity index (χ1v) is 9.34. The molecule has 1 fully saturated rings. The number of amides is 1. The Bertz CT molecular complexity index is 956. The molecule has 0 saturated heterocycles. The molecule has 0 aliphatic heterocycles. The molecule has 1 aliphatic carbocycles. The summed E-state index contributed by atoms with van der Waals surface area (Å²) in [6.45, 7) is 0.382. The van der Waals surface area contributed by atoms with Gasteiger partial charge in [0.25, 0.3) is 5.91 Å². The predicted molar refractivity (Wildman–Crippen MR) is 94.7 cm³/mol. The lowest BCUT2D eigenvalue weighted by atomic mass is 10.2. The predicted octanol–water partition coefficient (Wildman–Crippen LogP) is 4.23. The van der Waals surface area contributed by atoms with Gasteiger partial charge in [0.05, 0.1) is 12.8 Å². The largest absolute Gasteiger partial charge is 0.461 e. The number of nitrogens with zero attached hydrogens (tertiary/aromatic N) is 4. The Labute approximate surface area is 164 Å². The van der Waals surface area contributed by atoms with Crippen molar-refractivity contribution in [2.24, 2.45) is 0 Å². The Morgan fingerprint density at radius 1 is 1.24 bits per heavy atom. The molecule has 0 radical (unpaired) electrons. The third-order valence-electron chi connectivity index (χ3n) is 5.02. The minimum absolute atomic E-state index is 0.0175. The van der Waals surface area contributed by atoms with E-state index in [1.54, 1.807) is 17.0 Å². The maximum atomic E-state index is 13.1. The second kappa shape index (κ2) is 7.76. The number of carbonyl (C=O) groups is 1. The van der Waals surface area contributed by atoms with E-state index in [9.17, 15) is 18.0 Å². The van der Waals surface area contributed by atoms with Crippen molar-refractivity contribution in [2.45, 2.75) is 44.4 Å². The Kier molecular flexibility index (Phi) is 5.16. The van der Waals surface area contributed by atoms with Crippen LogP contribution < -0.4 is 0 Å². The van der Waals surface area contributed by atoms with Crippen molar-refractivity contribution in [1.82, 2.24) is 19.8 Å². The van der Waals surface area contributed by atoms with E-state index in [0.29, 0.717) is 11.5 Å². The maximum absolute atomic E-state index is 13.1. The normalized spacial score (nSPS) is 15.1. The maximum Gasteiger partial charge on any atom is 0.435 e. The SMILES string of the molecule is O=C(c1cc(-c2ccco2)on1)N(CCn1ccc(C(F)(F)F)n1)C1CCCC1. The number of rotatable bonds is 6. The summed E-state index contributed by atoms with van der Waals surface area (Å²) in [6.07, 6.45) is 1.97. The molecule has 1 aliphatic rings. The van der Waals surface area contributed by atoms with E-state index >= 15 is 0 Å². The molecule has 1 amide bonds. The van der Waals surface area contributed by atoms with Gasteiger partial charge in [-0.2, -0.15) is 18.3 Å². The fourth-order valence-electron chi connectivity index (χ4n) is 3.57. The number of furan rings is 1. The van der Waals surface area contributed by atoms with E-state index < -0.39 is 11.9 Å². The second-order valence-corrected chi connectivity index (χ2v) is 6.95. The zero-order chi connectivity index (χ0) is 20.4. The van der Waals surface area contributed by atoms with Gasteiger partial charge in [0.1, 0.15) is 0 Å². The average molecular weight is 408 g/mol. The number of hydrogen-bond donors (Lipinski definition) is 0. The number of hydrogen-bond acceptors (Lipinski definition) is 5. The molecule has 3 aromatic rings. The van der Waals surface area contributed by atoms with Gasteiger partial charge in [-0.3, -0.25) is 9.48 Å². The minimum Gasteiger partial charge on any atom is -0.461 e. The van der Waals surface area contributed by atoms with Crippen LogP contribution in [0.5, 0.6) is 0 Å². The molecule has 0 aromatic carbocycles. The molecule has 0 spiro atoms. The van der Waals surface area contributed by atoms with E-state index in [4.69, 9.17) is 8.94 Å². The fourth-order valence-corrected chi connectivity index (χ4v) is 3.57. The van der Waals surface area contributed by atoms with Crippen molar-refractivity contribution < 1.29 is 26.9 Å². The van der Waals surface area contributed by atoms with Crippen LogP contribution in [0.25, 0.3) is 11.5 Å². The van der Waals surface area contributed by atoms with Gasteiger partial charge in [-0.15, -0.1) is 0 Å². The second-order valence-electron chi connectivity index (χ2n) is 6.95. The summed E-state index contributed by atoms with van der Waals surface area (Å²) in [5.41, 5.74) is -0.810. The smallest absolute Gasteiger partial charge is 0.435 e. The molecule has 0 N–H and O–H groups in total. The Morgan fingerprint density at radius 3 is 2.69 bits per heavy atom. The Balaban J connectivity index is 1.49. The van der Waals surface area contributed by atoms with Crippen LogP contribution in [0.2, 0.25) is 0 Å². The molecular weight excluding hydrogens is 389 g/mol. The van der Waals surface area contributed by atoms with Crippen molar-refractivity contribution in [3.8, 4) is 11.5 Å². The van der Waals surface area contributed by atoms with E-state index in [-0.39, 0.29) is 30.7 Å². The Hall–Kier alpha value is -3.04. The number of carbonyl (C=O) groups excluding carboxylic acids is 1. The van der Waals surface area contributed by atoms with Crippen molar-refractivity contribution in [3.05, 3.63) is 48.1 Å². The highest BCUT2D eigenvalue weighted by Crippen LogP contribution is 2.28. The molecule has 3 aromatic heterocycles. The molecular formula is C19H19F3N4O3. The molecule has 154 valence electrons. The first kappa shape index (κ1) is 19.3. The van der Waals surface area contributed by atoms with Crippen LogP contribution in [-0.2, 0) is 12.7 Å². The lowest BCUT2D eigenvalue weighted by Crippen LogP contribution is -2.41. The first-order valence-electron chi connectivity index (χ1n) is 9.34. The summed E-state index contributed by atoms with van der Waals surface area (Å²) in [5.74, 6) is 0.480. The summed E-state index contributed by atoms with van der Waals surface area (Å²) < 4.78 is 49.9. The van der Waals surface area contributed by atoms with Gasteiger partial charge >= 0.3 is 6.18 Å². The fraction of sp³-hybridized carbons (Fsp3) is 0.421. The molecule has 0 unspecified atom stereocenters. The van der Waals surface area contributed by atoms with E-state index in [1.807, 2.05) is 0 Å². The zero-order valence-corrected chi connectivity index (χ0v) is 15.4. The van der Waals surface area contributed by atoms with Crippen molar-refractivity contribution in [2.75, 3.05) is 6.54 Å². The third kappa shape index (κ3) is 4.20. The molecule has 7 nitrogen and oxygen atoms in total.